The average Bonchev–Trinajstić information content (AvgIpc) is 2.36. The van der Waals surface area contributed by atoms with Crippen molar-refractivity contribution in [2.75, 3.05) is 7.11 Å². The topological polar surface area (TPSA) is 83.8 Å². The monoisotopic (exact) mass is 266 g/mol. The largest absolute Gasteiger partial charge is 0.469 e. The zero-order valence-electron chi connectivity index (χ0n) is 11.2. The van der Waals surface area contributed by atoms with Gasteiger partial charge in [0.05, 0.1) is 19.6 Å². The van der Waals surface area contributed by atoms with Gasteiger partial charge in [0.25, 0.3) is 0 Å². The van der Waals surface area contributed by atoms with E-state index in [1.165, 1.54) is 14.0 Å². The van der Waals surface area contributed by atoms with Crippen molar-refractivity contribution in [1.82, 2.24) is 0 Å². The van der Waals surface area contributed by atoms with Crippen LogP contribution in [0.3, 0.4) is 0 Å². The fourth-order valence-corrected chi connectivity index (χ4v) is 1.85. The quantitative estimate of drug-likeness (QED) is 0.617. The Morgan fingerprint density at radius 3 is 2.42 bits per heavy atom. The summed E-state index contributed by atoms with van der Waals surface area (Å²) in [6.07, 6.45) is -2.72. The Morgan fingerprint density at radius 1 is 1.32 bits per heavy atom. The lowest BCUT2D eigenvalue weighted by Gasteiger charge is -2.18. The van der Waals surface area contributed by atoms with Crippen LogP contribution in [0.15, 0.2) is 18.2 Å². The van der Waals surface area contributed by atoms with Crippen LogP contribution < -0.4 is 0 Å². The van der Waals surface area contributed by atoms with Crippen molar-refractivity contribution in [2.24, 2.45) is 0 Å². The van der Waals surface area contributed by atoms with Crippen LogP contribution >= 0.6 is 0 Å². The molecule has 1 aromatic rings. The molecule has 104 valence electrons. The van der Waals surface area contributed by atoms with E-state index < -0.39 is 18.2 Å². The van der Waals surface area contributed by atoms with Gasteiger partial charge in [0, 0.05) is 5.56 Å². The maximum absolute atomic E-state index is 11.3. The van der Waals surface area contributed by atoms with Crippen LogP contribution in [-0.4, -0.2) is 35.2 Å². The minimum absolute atomic E-state index is 0.0614. The smallest absolute Gasteiger partial charge is 0.308 e. The maximum atomic E-state index is 11.3. The molecule has 0 fully saturated rings. The van der Waals surface area contributed by atoms with Crippen LogP contribution in [0.2, 0.25) is 0 Å². The standard InChI is InChI=1S/C14H18O5/c1-8-6-10(4-5-11(8)9(2)15)14(18)12(16)7-13(17)19-3/h4-6,12,14,16,18H,7H2,1-3H3. The van der Waals surface area contributed by atoms with Crippen molar-refractivity contribution in [3.8, 4) is 0 Å². The first-order chi connectivity index (χ1) is 8.86. The number of carbonyl (C=O) groups is 2. The number of ether oxygens (including phenoxy) is 1. The summed E-state index contributed by atoms with van der Waals surface area (Å²) in [6.45, 7) is 3.21. The molecule has 0 heterocycles. The number of rotatable bonds is 5. The Balaban J connectivity index is 2.88. The second kappa shape index (κ2) is 6.45. The Bertz CT molecular complexity index is 481. The van der Waals surface area contributed by atoms with Crippen molar-refractivity contribution >= 4 is 11.8 Å². The second-order valence-corrected chi connectivity index (χ2v) is 4.42. The van der Waals surface area contributed by atoms with Gasteiger partial charge in [0.1, 0.15) is 6.10 Å². The molecular weight excluding hydrogens is 248 g/mol. The lowest BCUT2D eigenvalue weighted by molar-refractivity contribution is -0.144. The van der Waals surface area contributed by atoms with Crippen LogP contribution in [0.5, 0.6) is 0 Å². The number of esters is 1. The number of hydrogen-bond donors (Lipinski definition) is 2. The molecule has 0 spiro atoms. The molecule has 0 aromatic heterocycles. The Morgan fingerprint density at radius 2 is 1.95 bits per heavy atom. The minimum Gasteiger partial charge on any atom is -0.469 e. The lowest BCUT2D eigenvalue weighted by atomic mass is 9.96. The van der Waals surface area contributed by atoms with Crippen molar-refractivity contribution in [2.45, 2.75) is 32.5 Å². The third-order valence-electron chi connectivity index (χ3n) is 2.94. The highest BCUT2D eigenvalue weighted by Gasteiger charge is 2.22. The van der Waals surface area contributed by atoms with Crippen molar-refractivity contribution in [3.63, 3.8) is 0 Å². The number of aliphatic hydroxyl groups is 2. The molecule has 0 radical (unpaired) electrons. The van der Waals surface area contributed by atoms with Gasteiger partial charge in [-0.15, -0.1) is 0 Å². The zero-order valence-corrected chi connectivity index (χ0v) is 11.2. The summed E-state index contributed by atoms with van der Waals surface area (Å²) in [6, 6.07) is 4.79. The predicted molar refractivity (Wildman–Crippen MR) is 68.8 cm³/mol. The van der Waals surface area contributed by atoms with E-state index >= 15 is 0 Å². The number of carbonyl (C=O) groups excluding carboxylic acids is 2. The lowest BCUT2D eigenvalue weighted by Crippen LogP contribution is -2.22. The highest BCUT2D eigenvalue weighted by molar-refractivity contribution is 5.95. The van der Waals surface area contributed by atoms with E-state index in [2.05, 4.69) is 4.74 Å². The highest BCUT2D eigenvalue weighted by Crippen LogP contribution is 2.22. The molecule has 2 atom stereocenters. The summed E-state index contributed by atoms with van der Waals surface area (Å²) < 4.78 is 4.43. The third kappa shape index (κ3) is 3.87. The normalized spacial score (nSPS) is 13.7. The van der Waals surface area contributed by atoms with Gasteiger partial charge in [-0.2, -0.15) is 0 Å². The molecule has 0 saturated carbocycles. The zero-order chi connectivity index (χ0) is 14.6. The summed E-state index contributed by atoms with van der Waals surface area (Å²) in [5.41, 5.74) is 1.74. The highest BCUT2D eigenvalue weighted by atomic mass is 16.5. The number of ketones is 1. The Labute approximate surface area is 111 Å². The predicted octanol–water partition coefficient (Wildman–Crippen LogP) is 1.16. The second-order valence-electron chi connectivity index (χ2n) is 4.42. The minimum atomic E-state index is -1.24. The molecule has 0 aliphatic carbocycles. The maximum Gasteiger partial charge on any atom is 0.308 e. The number of methoxy groups -OCH3 is 1. The van der Waals surface area contributed by atoms with Crippen molar-refractivity contribution in [3.05, 3.63) is 34.9 Å². The summed E-state index contributed by atoms with van der Waals surface area (Å²) in [4.78, 5) is 22.3. The van der Waals surface area contributed by atoms with E-state index in [0.717, 1.165) is 0 Å². The van der Waals surface area contributed by atoms with E-state index in [0.29, 0.717) is 16.7 Å². The van der Waals surface area contributed by atoms with Crippen LogP contribution in [0.25, 0.3) is 0 Å². The van der Waals surface area contributed by atoms with Gasteiger partial charge in [-0.05, 0) is 25.0 Å². The molecule has 2 N–H and O–H groups in total. The summed E-state index contributed by atoms with van der Waals surface area (Å²) in [5, 5.41) is 19.7. The first kappa shape index (κ1) is 15.3. The molecule has 5 nitrogen and oxygen atoms in total. The van der Waals surface area contributed by atoms with E-state index in [-0.39, 0.29) is 12.2 Å². The molecule has 0 aliphatic rings. The van der Waals surface area contributed by atoms with Crippen molar-refractivity contribution < 1.29 is 24.5 Å². The van der Waals surface area contributed by atoms with Gasteiger partial charge in [0.15, 0.2) is 5.78 Å². The van der Waals surface area contributed by atoms with Crippen LogP contribution in [0, 0.1) is 6.92 Å². The third-order valence-corrected chi connectivity index (χ3v) is 2.94. The van der Waals surface area contributed by atoms with Crippen LogP contribution in [0.1, 0.15) is 40.9 Å². The van der Waals surface area contributed by atoms with Gasteiger partial charge in [0.2, 0.25) is 0 Å². The van der Waals surface area contributed by atoms with Crippen LogP contribution in [0.4, 0.5) is 0 Å². The van der Waals surface area contributed by atoms with Crippen molar-refractivity contribution in [1.29, 1.82) is 0 Å². The SMILES string of the molecule is COC(=O)CC(O)C(O)c1ccc(C(C)=O)c(C)c1. The molecule has 0 aliphatic heterocycles. The molecule has 1 rings (SSSR count). The molecule has 5 heteroatoms. The molecular formula is C14H18O5. The number of Topliss-reactive ketones (excluding diaryl/α,β-unsaturated/α-hetero) is 1. The summed E-state index contributed by atoms with van der Waals surface area (Å²) in [5.74, 6) is -0.655. The van der Waals surface area contributed by atoms with Gasteiger partial charge in [-0.25, -0.2) is 0 Å². The van der Waals surface area contributed by atoms with Gasteiger partial charge >= 0.3 is 5.97 Å². The first-order valence-electron chi connectivity index (χ1n) is 5.91. The number of hydrogen-bond acceptors (Lipinski definition) is 5. The van der Waals surface area contributed by atoms with Gasteiger partial charge in [-0.3, -0.25) is 9.59 Å². The summed E-state index contributed by atoms with van der Waals surface area (Å²) >= 11 is 0. The molecule has 19 heavy (non-hydrogen) atoms. The fourth-order valence-electron chi connectivity index (χ4n) is 1.85. The summed E-state index contributed by atoms with van der Waals surface area (Å²) in [7, 11) is 1.22. The number of aryl methyl sites for hydroxylation is 1. The first-order valence-corrected chi connectivity index (χ1v) is 5.91. The fraction of sp³-hybridized carbons (Fsp3) is 0.429. The molecule has 2 unspecified atom stereocenters. The number of aliphatic hydroxyl groups excluding tert-OH is 2. The molecule has 0 amide bonds. The van der Waals surface area contributed by atoms with E-state index in [9.17, 15) is 19.8 Å². The van der Waals surface area contributed by atoms with Crippen LogP contribution in [-0.2, 0) is 9.53 Å². The van der Waals surface area contributed by atoms with E-state index in [1.54, 1.807) is 25.1 Å². The van der Waals surface area contributed by atoms with Gasteiger partial charge < -0.3 is 14.9 Å². The average molecular weight is 266 g/mol. The van der Waals surface area contributed by atoms with E-state index in [1.807, 2.05) is 0 Å². The van der Waals surface area contributed by atoms with Gasteiger partial charge in [-0.1, -0.05) is 18.2 Å². The molecule has 0 saturated heterocycles. The number of benzene rings is 1. The van der Waals surface area contributed by atoms with E-state index in [4.69, 9.17) is 0 Å². The molecule has 0 bridgehead atoms. The Hall–Kier alpha value is -1.72. The Kier molecular flexibility index (Phi) is 5.20. The molecule has 1 aromatic carbocycles.